The van der Waals surface area contributed by atoms with Gasteiger partial charge >= 0.3 is 0 Å². The molecule has 6 heteroatoms. The molecular formula is C22H18N4O2. The fourth-order valence-electron chi connectivity index (χ4n) is 2.89. The second-order valence-electron chi connectivity index (χ2n) is 6.12. The van der Waals surface area contributed by atoms with Gasteiger partial charge in [0.25, 0.3) is 5.91 Å². The summed E-state index contributed by atoms with van der Waals surface area (Å²) in [6.07, 6.45) is 3.30. The molecule has 0 fully saturated rings. The van der Waals surface area contributed by atoms with Crippen LogP contribution in [0.25, 0.3) is 10.9 Å². The first-order valence-corrected chi connectivity index (χ1v) is 8.75. The number of amides is 1. The quantitative estimate of drug-likeness (QED) is 0.535. The molecule has 0 radical (unpaired) electrons. The molecule has 0 bridgehead atoms. The molecule has 4 rings (SSSR count). The van der Waals surface area contributed by atoms with E-state index in [-0.39, 0.29) is 5.91 Å². The van der Waals surface area contributed by atoms with Gasteiger partial charge in [-0.05, 0) is 36.4 Å². The monoisotopic (exact) mass is 370 g/mol. The molecule has 0 unspecified atom stereocenters. The Kier molecular flexibility index (Phi) is 4.84. The Morgan fingerprint density at radius 1 is 0.893 bits per heavy atom. The van der Waals surface area contributed by atoms with Crippen LogP contribution in [0.1, 0.15) is 10.5 Å². The number of benzene rings is 2. The molecule has 0 aliphatic carbocycles. The van der Waals surface area contributed by atoms with Gasteiger partial charge in [-0.2, -0.15) is 0 Å². The molecule has 0 atom stereocenters. The molecule has 2 aromatic carbocycles. The number of methoxy groups -OCH3 is 1. The van der Waals surface area contributed by atoms with Crippen LogP contribution in [0, 0.1) is 0 Å². The number of rotatable bonds is 5. The molecule has 1 amide bonds. The zero-order valence-electron chi connectivity index (χ0n) is 15.2. The number of carbonyl (C=O) groups excluding carboxylic acids is 1. The fraction of sp³-hybridized carbons (Fsp3) is 0.0455. The molecular weight excluding hydrogens is 352 g/mol. The fourth-order valence-corrected chi connectivity index (χ4v) is 2.89. The van der Waals surface area contributed by atoms with E-state index in [1.54, 1.807) is 31.6 Å². The normalized spacial score (nSPS) is 10.5. The third-order valence-electron chi connectivity index (χ3n) is 4.23. The molecule has 0 saturated heterocycles. The summed E-state index contributed by atoms with van der Waals surface area (Å²) in [6, 6.07) is 20.5. The van der Waals surface area contributed by atoms with Gasteiger partial charge in [0, 0.05) is 35.2 Å². The summed E-state index contributed by atoms with van der Waals surface area (Å²) >= 11 is 0. The van der Waals surface area contributed by atoms with Gasteiger partial charge in [0.1, 0.15) is 11.4 Å². The zero-order valence-corrected chi connectivity index (χ0v) is 15.2. The Labute approximate surface area is 162 Å². The summed E-state index contributed by atoms with van der Waals surface area (Å²) in [5, 5.41) is 7.11. The number of para-hydroxylation sites is 1. The van der Waals surface area contributed by atoms with E-state index in [2.05, 4.69) is 20.6 Å². The number of hydrogen-bond acceptors (Lipinski definition) is 5. The molecule has 0 aliphatic heterocycles. The summed E-state index contributed by atoms with van der Waals surface area (Å²) in [7, 11) is 1.62. The Balaban J connectivity index is 1.56. The van der Waals surface area contributed by atoms with E-state index in [4.69, 9.17) is 4.74 Å². The largest absolute Gasteiger partial charge is 0.497 e. The molecule has 28 heavy (non-hydrogen) atoms. The summed E-state index contributed by atoms with van der Waals surface area (Å²) in [5.74, 6) is 0.452. The minimum absolute atomic E-state index is 0.299. The summed E-state index contributed by atoms with van der Waals surface area (Å²) in [5.41, 5.74) is 3.31. The van der Waals surface area contributed by atoms with E-state index in [1.165, 1.54) is 0 Å². The van der Waals surface area contributed by atoms with E-state index < -0.39 is 0 Å². The maximum Gasteiger partial charge on any atom is 0.274 e. The molecule has 138 valence electrons. The van der Waals surface area contributed by atoms with Crippen molar-refractivity contribution in [2.24, 2.45) is 0 Å². The second kappa shape index (κ2) is 7.75. The first-order chi connectivity index (χ1) is 13.7. The van der Waals surface area contributed by atoms with Crippen molar-refractivity contribution in [3.05, 3.63) is 84.8 Å². The molecule has 6 nitrogen and oxygen atoms in total. The molecule has 2 N–H and O–H groups in total. The van der Waals surface area contributed by atoms with Crippen molar-refractivity contribution in [2.75, 3.05) is 17.7 Å². The van der Waals surface area contributed by atoms with Gasteiger partial charge in [0.15, 0.2) is 0 Å². The molecule has 0 aliphatic rings. The van der Waals surface area contributed by atoms with Gasteiger partial charge in [-0.25, -0.2) is 0 Å². The van der Waals surface area contributed by atoms with Gasteiger partial charge < -0.3 is 15.4 Å². The van der Waals surface area contributed by atoms with Crippen LogP contribution in [0.2, 0.25) is 0 Å². The zero-order chi connectivity index (χ0) is 19.3. The van der Waals surface area contributed by atoms with E-state index >= 15 is 0 Å². The summed E-state index contributed by atoms with van der Waals surface area (Å²) < 4.78 is 5.23. The number of anilines is 3. The smallest absolute Gasteiger partial charge is 0.274 e. The topological polar surface area (TPSA) is 76.1 Å². The van der Waals surface area contributed by atoms with Crippen LogP contribution in [0.15, 0.2) is 79.1 Å². The Bertz CT molecular complexity index is 1140. The lowest BCUT2D eigenvalue weighted by Gasteiger charge is -2.10. The number of ether oxygens (including phenoxy) is 1. The van der Waals surface area contributed by atoms with E-state index in [0.29, 0.717) is 11.4 Å². The summed E-state index contributed by atoms with van der Waals surface area (Å²) in [4.78, 5) is 21.3. The molecule has 2 aromatic heterocycles. The van der Waals surface area contributed by atoms with Crippen LogP contribution in [0.3, 0.4) is 0 Å². The van der Waals surface area contributed by atoms with Gasteiger partial charge in [-0.1, -0.05) is 24.3 Å². The number of aromatic nitrogens is 2. The lowest BCUT2D eigenvalue weighted by molar-refractivity contribution is 0.102. The van der Waals surface area contributed by atoms with E-state index in [9.17, 15) is 4.79 Å². The predicted molar refractivity (Wildman–Crippen MR) is 110 cm³/mol. The standard InChI is InChI=1S/C22H18N4O2/c1-28-18-8-3-7-16(13-18)25-17-10-12-23-20(14-17)22(27)26-19-9-2-5-15-6-4-11-24-21(15)19/h2-14H,1H3,(H,23,25)(H,26,27). The van der Waals surface area contributed by atoms with Crippen LogP contribution in [-0.2, 0) is 0 Å². The lowest BCUT2D eigenvalue weighted by atomic mass is 10.2. The highest BCUT2D eigenvalue weighted by molar-refractivity contribution is 6.07. The van der Waals surface area contributed by atoms with Crippen LogP contribution in [-0.4, -0.2) is 23.0 Å². The van der Waals surface area contributed by atoms with Gasteiger partial charge in [-0.3, -0.25) is 14.8 Å². The average molecular weight is 370 g/mol. The minimum Gasteiger partial charge on any atom is -0.497 e. The van der Waals surface area contributed by atoms with Crippen molar-refractivity contribution in [3.8, 4) is 5.75 Å². The molecule has 0 saturated carbocycles. The third-order valence-corrected chi connectivity index (χ3v) is 4.23. The number of nitrogens with zero attached hydrogens (tertiary/aromatic N) is 2. The minimum atomic E-state index is -0.299. The first kappa shape index (κ1) is 17.5. The lowest BCUT2D eigenvalue weighted by Crippen LogP contribution is -2.14. The van der Waals surface area contributed by atoms with Crippen molar-refractivity contribution in [1.29, 1.82) is 0 Å². The Hall–Kier alpha value is -3.93. The highest BCUT2D eigenvalue weighted by Gasteiger charge is 2.11. The number of fused-ring (bicyclic) bond motifs is 1. The van der Waals surface area contributed by atoms with Crippen molar-refractivity contribution < 1.29 is 9.53 Å². The third kappa shape index (κ3) is 3.76. The van der Waals surface area contributed by atoms with Gasteiger partial charge in [0.2, 0.25) is 0 Å². The summed E-state index contributed by atoms with van der Waals surface area (Å²) in [6.45, 7) is 0. The van der Waals surface area contributed by atoms with Gasteiger partial charge in [0.05, 0.1) is 18.3 Å². The number of hydrogen-bond donors (Lipinski definition) is 2. The van der Waals surface area contributed by atoms with Crippen LogP contribution in [0.5, 0.6) is 5.75 Å². The van der Waals surface area contributed by atoms with Gasteiger partial charge in [-0.15, -0.1) is 0 Å². The van der Waals surface area contributed by atoms with Crippen molar-refractivity contribution >= 4 is 33.9 Å². The number of carbonyl (C=O) groups is 1. The van der Waals surface area contributed by atoms with E-state index in [0.717, 1.165) is 28.0 Å². The number of pyridine rings is 2. The van der Waals surface area contributed by atoms with Crippen molar-refractivity contribution in [2.45, 2.75) is 0 Å². The molecule has 2 heterocycles. The molecule has 0 spiro atoms. The van der Waals surface area contributed by atoms with E-state index in [1.807, 2.05) is 54.6 Å². The van der Waals surface area contributed by atoms with Crippen LogP contribution >= 0.6 is 0 Å². The maximum atomic E-state index is 12.7. The highest BCUT2D eigenvalue weighted by Crippen LogP contribution is 2.23. The van der Waals surface area contributed by atoms with Crippen LogP contribution < -0.4 is 15.4 Å². The predicted octanol–water partition coefficient (Wildman–Crippen LogP) is 4.63. The SMILES string of the molecule is COc1cccc(Nc2ccnc(C(=O)Nc3cccc4cccnc34)c2)c1. The average Bonchev–Trinajstić information content (AvgIpc) is 2.74. The molecule has 4 aromatic rings. The Morgan fingerprint density at radius 2 is 1.71 bits per heavy atom. The second-order valence-corrected chi connectivity index (χ2v) is 6.12. The highest BCUT2D eigenvalue weighted by atomic mass is 16.5. The maximum absolute atomic E-state index is 12.7. The van der Waals surface area contributed by atoms with Crippen molar-refractivity contribution in [1.82, 2.24) is 9.97 Å². The van der Waals surface area contributed by atoms with Crippen molar-refractivity contribution in [3.63, 3.8) is 0 Å². The number of nitrogens with one attached hydrogen (secondary N) is 2. The first-order valence-electron chi connectivity index (χ1n) is 8.75. The van der Waals surface area contributed by atoms with Crippen LogP contribution in [0.4, 0.5) is 17.1 Å². The Morgan fingerprint density at radius 3 is 2.61 bits per heavy atom.